The maximum absolute atomic E-state index is 12.4. The lowest BCUT2D eigenvalue weighted by Crippen LogP contribution is -2.12. The molecule has 0 saturated carbocycles. The Kier molecular flexibility index (Phi) is 6.28. The number of carbonyl (C=O) groups excluding carboxylic acids is 1. The van der Waals surface area contributed by atoms with Gasteiger partial charge in [0, 0.05) is 23.6 Å². The van der Waals surface area contributed by atoms with Crippen molar-refractivity contribution in [3.63, 3.8) is 0 Å². The molecule has 0 bridgehead atoms. The van der Waals surface area contributed by atoms with Crippen molar-refractivity contribution in [2.24, 2.45) is 0 Å². The predicted molar refractivity (Wildman–Crippen MR) is 128 cm³/mol. The molecule has 2 aromatic heterocycles. The molecular formula is C24H21ClN6O. The summed E-state index contributed by atoms with van der Waals surface area (Å²) in [5, 5.41) is 9.72. The summed E-state index contributed by atoms with van der Waals surface area (Å²) in [5.41, 5.74) is 3.01. The molecule has 32 heavy (non-hydrogen) atoms. The first-order valence-electron chi connectivity index (χ1n) is 9.94. The van der Waals surface area contributed by atoms with Crippen LogP contribution in [0.4, 0.5) is 28.8 Å². The molecule has 8 heteroatoms. The lowest BCUT2D eigenvalue weighted by Gasteiger charge is -2.11. The van der Waals surface area contributed by atoms with E-state index < -0.39 is 0 Å². The number of hydrogen-bond acceptors (Lipinski definition) is 6. The molecule has 0 fully saturated rings. The van der Waals surface area contributed by atoms with Crippen LogP contribution < -0.4 is 16.0 Å². The molecule has 160 valence electrons. The highest BCUT2D eigenvalue weighted by molar-refractivity contribution is 6.34. The van der Waals surface area contributed by atoms with E-state index in [1.807, 2.05) is 44.2 Å². The van der Waals surface area contributed by atoms with Gasteiger partial charge in [0.1, 0.15) is 23.3 Å². The first kappa shape index (κ1) is 21.3. The minimum Gasteiger partial charge on any atom is -0.340 e. The Bertz CT molecular complexity index is 1260. The Morgan fingerprint density at radius 2 is 1.50 bits per heavy atom. The van der Waals surface area contributed by atoms with Gasteiger partial charge < -0.3 is 16.0 Å². The number of benzene rings is 2. The highest BCUT2D eigenvalue weighted by Crippen LogP contribution is 2.22. The standard InChI is InChI=1S/C24H21ClN6O/c1-15-11-12-26-21(13-15)31-23-14-22(27-16(2)28-23)29-17-7-9-18(10-8-17)30-24(32)19-5-3-4-6-20(19)25/h3-14H,1-2H3,(H,30,32)(H2,26,27,28,29,31). The molecule has 2 heterocycles. The topological polar surface area (TPSA) is 91.8 Å². The van der Waals surface area contributed by atoms with Crippen LogP contribution in [-0.4, -0.2) is 20.9 Å². The van der Waals surface area contributed by atoms with Crippen molar-refractivity contribution in [3.8, 4) is 0 Å². The summed E-state index contributed by atoms with van der Waals surface area (Å²) in [5.74, 6) is 2.35. The summed E-state index contributed by atoms with van der Waals surface area (Å²) in [6, 6.07) is 19.9. The zero-order valence-corrected chi connectivity index (χ0v) is 18.3. The van der Waals surface area contributed by atoms with Gasteiger partial charge in [0.15, 0.2) is 0 Å². The van der Waals surface area contributed by atoms with E-state index in [4.69, 9.17) is 11.6 Å². The second kappa shape index (κ2) is 9.45. The number of aryl methyl sites for hydroxylation is 2. The molecule has 4 rings (SSSR count). The SMILES string of the molecule is Cc1ccnc(Nc2cc(Nc3ccc(NC(=O)c4ccccc4Cl)cc3)nc(C)n2)c1. The van der Waals surface area contributed by atoms with Crippen LogP contribution in [0, 0.1) is 13.8 Å². The van der Waals surface area contributed by atoms with Gasteiger partial charge in [0.25, 0.3) is 5.91 Å². The van der Waals surface area contributed by atoms with Crippen LogP contribution >= 0.6 is 11.6 Å². The molecule has 4 aromatic rings. The lowest BCUT2D eigenvalue weighted by atomic mass is 10.2. The molecule has 0 unspecified atom stereocenters. The third kappa shape index (κ3) is 5.39. The van der Waals surface area contributed by atoms with Crippen molar-refractivity contribution in [1.29, 1.82) is 0 Å². The summed E-state index contributed by atoms with van der Waals surface area (Å²) >= 11 is 6.09. The highest BCUT2D eigenvalue weighted by atomic mass is 35.5. The normalized spacial score (nSPS) is 10.5. The van der Waals surface area contributed by atoms with Gasteiger partial charge in [-0.2, -0.15) is 0 Å². The molecule has 0 spiro atoms. The van der Waals surface area contributed by atoms with Crippen molar-refractivity contribution >= 4 is 46.3 Å². The van der Waals surface area contributed by atoms with E-state index in [1.165, 1.54) is 0 Å². The Morgan fingerprint density at radius 1 is 0.812 bits per heavy atom. The molecular weight excluding hydrogens is 424 g/mol. The van der Waals surface area contributed by atoms with Gasteiger partial charge in [-0.1, -0.05) is 23.7 Å². The number of rotatable bonds is 6. The predicted octanol–water partition coefficient (Wildman–Crippen LogP) is 5.88. The first-order chi connectivity index (χ1) is 15.5. The maximum atomic E-state index is 12.4. The van der Waals surface area contributed by atoms with Crippen molar-refractivity contribution in [2.45, 2.75) is 13.8 Å². The monoisotopic (exact) mass is 444 g/mol. The summed E-state index contributed by atoms with van der Waals surface area (Å²) in [4.78, 5) is 25.6. The van der Waals surface area contributed by atoms with Crippen molar-refractivity contribution < 1.29 is 4.79 Å². The van der Waals surface area contributed by atoms with E-state index in [2.05, 4.69) is 30.9 Å². The van der Waals surface area contributed by atoms with E-state index in [9.17, 15) is 4.79 Å². The van der Waals surface area contributed by atoms with Crippen molar-refractivity contribution in [3.05, 3.63) is 94.9 Å². The van der Waals surface area contributed by atoms with Gasteiger partial charge in [-0.3, -0.25) is 4.79 Å². The van der Waals surface area contributed by atoms with Crippen LogP contribution in [0.3, 0.4) is 0 Å². The highest BCUT2D eigenvalue weighted by Gasteiger charge is 2.10. The van der Waals surface area contributed by atoms with Crippen LogP contribution in [0.2, 0.25) is 5.02 Å². The fourth-order valence-corrected chi connectivity index (χ4v) is 3.28. The summed E-state index contributed by atoms with van der Waals surface area (Å²) < 4.78 is 0. The van der Waals surface area contributed by atoms with Crippen molar-refractivity contribution in [2.75, 3.05) is 16.0 Å². The van der Waals surface area contributed by atoms with Gasteiger partial charge in [-0.15, -0.1) is 0 Å². The summed E-state index contributed by atoms with van der Waals surface area (Å²) in [6.45, 7) is 3.83. The Morgan fingerprint density at radius 3 is 2.22 bits per heavy atom. The summed E-state index contributed by atoms with van der Waals surface area (Å²) in [6.07, 6.45) is 1.75. The molecule has 0 saturated heterocycles. The van der Waals surface area contributed by atoms with E-state index in [-0.39, 0.29) is 5.91 Å². The Labute approximate surface area is 190 Å². The smallest absolute Gasteiger partial charge is 0.257 e. The van der Waals surface area contributed by atoms with E-state index in [0.29, 0.717) is 39.6 Å². The number of nitrogens with one attached hydrogen (secondary N) is 3. The largest absolute Gasteiger partial charge is 0.340 e. The fraction of sp³-hybridized carbons (Fsp3) is 0.0833. The zero-order chi connectivity index (χ0) is 22.5. The molecule has 0 aliphatic rings. The number of pyridine rings is 1. The average Bonchev–Trinajstić information content (AvgIpc) is 2.75. The van der Waals surface area contributed by atoms with E-state index in [1.54, 1.807) is 42.6 Å². The van der Waals surface area contributed by atoms with Crippen LogP contribution in [-0.2, 0) is 0 Å². The fourth-order valence-electron chi connectivity index (χ4n) is 3.06. The zero-order valence-electron chi connectivity index (χ0n) is 17.6. The van der Waals surface area contributed by atoms with Gasteiger partial charge in [-0.25, -0.2) is 15.0 Å². The molecule has 0 aliphatic carbocycles. The minimum atomic E-state index is -0.261. The minimum absolute atomic E-state index is 0.261. The Balaban J connectivity index is 1.44. The molecule has 1 amide bonds. The second-order valence-corrected chi connectivity index (χ2v) is 7.57. The molecule has 3 N–H and O–H groups in total. The Hall–Kier alpha value is -3.97. The van der Waals surface area contributed by atoms with Gasteiger partial charge in [0.05, 0.1) is 10.6 Å². The van der Waals surface area contributed by atoms with Crippen LogP contribution in [0.5, 0.6) is 0 Å². The van der Waals surface area contributed by atoms with Crippen LogP contribution in [0.25, 0.3) is 0 Å². The molecule has 0 atom stereocenters. The second-order valence-electron chi connectivity index (χ2n) is 7.17. The number of hydrogen-bond donors (Lipinski definition) is 3. The lowest BCUT2D eigenvalue weighted by molar-refractivity contribution is 0.102. The van der Waals surface area contributed by atoms with Gasteiger partial charge >= 0.3 is 0 Å². The molecule has 0 radical (unpaired) electrons. The van der Waals surface area contributed by atoms with Crippen molar-refractivity contribution in [1.82, 2.24) is 15.0 Å². The first-order valence-corrected chi connectivity index (χ1v) is 10.3. The maximum Gasteiger partial charge on any atom is 0.257 e. The van der Waals surface area contributed by atoms with Gasteiger partial charge in [0.2, 0.25) is 0 Å². The quantitative estimate of drug-likeness (QED) is 0.344. The number of nitrogens with zero attached hydrogens (tertiary/aromatic N) is 3. The third-order valence-corrected chi connectivity index (χ3v) is 4.87. The molecule has 7 nitrogen and oxygen atoms in total. The average molecular weight is 445 g/mol. The van der Waals surface area contributed by atoms with Crippen LogP contribution in [0.1, 0.15) is 21.7 Å². The number of aromatic nitrogens is 3. The number of amides is 1. The number of halogens is 1. The number of anilines is 5. The van der Waals surface area contributed by atoms with Crippen LogP contribution in [0.15, 0.2) is 72.9 Å². The van der Waals surface area contributed by atoms with E-state index in [0.717, 1.165) is 11.3 Å². The summed E-state index contributed by atoms with van der Waals surface area (Å²) in [7, 11) is 0. The molecule has 2 aromatic carbocycles. The number of carbonyl (C=O) groups is 1. The third-order valence-electron chi connectivity index (χ3n) is 4.54. The van der Waals surface area contributed by atoms with E-state index >= 15 is 0 Å². The van der Waals surface area contributed by atoms with Gasteiger partial charge in [-0.05, 0) is 67.9 Å². The molecule has 0 aliphatic heterocycles.